The molecule has 3 rings (SSSR count). The summed E-state index contributed by atoms with van der Waals surface area (Å²) in [7, 11) is 2.06. The van der Waals surface area contributed by atoms with E-state index in [2.05, 4.69) is 29.0 Å². The number of rotatable bonds is 2. The summed E-state index contributed by atoms with van der Waals surface area (Å²) in [4.78, 5) is 4.42. The zero-order valence-electron chi connectivity index (χ0n) is 10.8. The Labute approximate surface area is 111 Å². The van der Waals surface area contributed by atoms with Crippen molar-refractivity contribution < 1.29 is 8.78 Å². The summed E-state index contributed by atoms with van der Waals surface area (Å²) in [6.07, 6.45) is 8.36. The third-order valence-electron chi connectivity index (χ3n) is 3.80. The van der Waals surface area contributed by atoms with Crippen molar-refractivity contribution in [2.45, 2.75) is 18.6 Å². The third kappa shape index (κ3) is 2.33. The van der Waals surface area contributed by atoms with Crippen molar-refractivity contribution in [2.75, 3.05) is 13.7 Å². The van der Waals surface area contributed by atoms with Gasteiger partial charge in [0, 0.05) is 30.3 Å². The highest BCUT2D eigenvalue weighted by Gasteiger charge is 2.35. The third-order valence-corrected chi connectivity index (χ3v) is 3.80. The van der Waals surface area contributed by atoms with Gasteiger partial charge < -0.3 is 0 Å². The van der Waals surface area contributed by atoms with Gasteiger partial charge >= 0.3 is 0 Å². The fourth-order valence-corrected chi connectivity index (χ4v) is 2.83. The molecule has 1 aromatic carbocycles. The summed E-state index contributed by atoms with van der Waals surface area (Å²) in [6.45, 7) is 1.27. The first-order chi connectivity index (χ1) is 9.15. The van der Waals surface area contributed by atoms with E-state index in [4.69, 9.17) is 0 Å². The molecule has 1 heterocycles. The molecule has 0 bridgehead atoms. The Morgan fingerprint density at radius 2 is 1.89 bits per heavy atom. The zero-order chi connectivity index (χ0) is 13.4. The second-order valence-corrected chi connectivity index (χ2v) is 5.13. The van der Waals surface area contributed by atoms with E-state index < -0.39 is 11.6 Å². The number of likely N-dealkylation sites (N-methyl/N-ethyl adjacent to an activating group) is 1. The van der Waals surface area contributed by atoms with E-state index in [9.17, 15) is 8.78 Å². The molecule has 4 heteroatoms. The molecular formula is C15H16F2N2. The number of halogens is 2. The predicted molar refractivity (Wildman–Crippen MR) is 70.4 cm³/mol. The Kier molecular flexibility index (Phi) is 3.21. The molecule has 1 aromatic rings. The van der Waals surface area contributed by atoms with Crippen molar-refractivity contribution in [3.05, 3.63) is 59.7 Å². The number of allylic oxidation sites excluding steroid dienone is 2. The van der Waals surface area contributed by atoms with Crippen LogP contribution in [0.4, 0.5) is 8.78 Å². The van der Waals surface area contributed by atoms with Crippen molar-refractivity contribution in [1.82, 2.24) is 9.80 Å². The standard InChI is InChI=1S/C15H16F2N2/c1-18-10-19(15-5-3-2-4-14(15)18)9-11-6-7-12(16)8-13(11)17/h2-8,14-15H,9-10H2,1H3. The zero-order valence-corrected chi connectivity index (χ0v) is 10.8. The lowest BCUT2D eigenvalue weighted by Crippen LogP contribution is -2.34. The molecule has 1 fully saturated rings. The van der Waals surface area contributed by atoms with Gasteiger partial charge in [0.1, 0.15) is 11.6 Å². The monoisotopic (exact) mass is 262 g/mol. The fraction of sp³-hybridized carbons (Fsp3) is 0.333. The molecule has 0 spiro atoms. The highest BCUT2D eigenvalue weighted by atomic mass is 19.1. The minimum Gasteiger partial charge on any atom is -0.285 e. The molecular weight excluding hydrogens is 246 g/mol. The number of hydrogen-bond donors (Lipinski definition) is 0. The summed E-state index contributed by atoms with van der Waals surface area (Å²) in [5.41, 5.74) is 0.540. The van der Waals surface area contributed by atoms with Gasteiger partial charge in [-0.2, -0.15) is 0 Å². The van der Waals surface area contributed by atoms with Gasteiger partial charge in [0.15, 0.2) is 0 Å². The van der Waals surface area contributed by atoms with Crippen LogP contribution in [0.5, 0.6) is 0 Å². The highest BCUT2D eigenvalue weighted by molar-refractivity contribution is 5.24. The Morgan fingerprint density at radius 3 is 2.63 bits per heavy atom. The molecule has 100 valence electrons. The number of hydrogen-bond acceptors (Lipinski definition) is 2. The average molecular weight is 262 g/mol. The van der Waals surface area contributed by atoms with Crippen LogP contribution in [0.3, 0.4) is 0 Å². The van der Waals surface area contributed by atoms with Gasteiger partial charge in [-0.15, -0.1) is 0 Å². The molecule has 1 aliphatic heterocycles. The van der Waals surface area contributed by atoms with Gasteiger partial charge in [-0.1, -0.05) is 30.4 Å². The van der Waals surface area contributed by atoms with Gasteiger partial charge in [0.2, 0.25) is 0 Å². The second-order valence-electron chi connectivity index (χ2n) is 5.13. The van der Waals surface area contributed by atoms with Crippen molar-refractivity contribution in [2.24, 2.45) is 0 Å². The highest BCUT2D eigenvalue weighted by Crippen LogP contribution is 2.26. The maximum atomic E-state index is 13.7. The second kappa shape index (κ2) is 4.87. The van der Waals surface area contributed by atoms with Crippen LogP contribution >= 0.6 is 0 Å². The van der Waals surface area contributed by atoms with E-state index in [1.54, 1.807) is 0 Å². The van der Waals surface area contributed by atoms with Crippen LogP contribution in [-0.4, -0.2) is 35.6 Å². The maximum absolute atomic E-state index is 13.7. The van der Waals surface area contributed by atoms with E-state index in [0.29, 0.717) is 18.2 Å². The lowest BCUT2D eigenvalue weighted by atomic mass is 10.0. The molecule has 2 unspecified atom stereocenters. The Morgan fingerprint density at radius 1 is 1.16 bits per heavy atom. The van der Waals surface area contributed by atoms with Gasteiger partial charge in [-0.3, -0.25) is 9.80 Å². The Balaban J connectivity index is 1.80. The molecule has 2 aliphatic rings. The molecule has 0 N–H and O–H groups in total. The van der Waals surface area contributed by atoms with Crippen LogP contribution in [0, 0.1) is 11.6 Å². The fourth-order valence-electron chi connectivity index (χ4n) is 2.83. The minimum atomic E-state index is -0.529. The maximum Gasteiger partial charge on any atom is 0.130 e. The first-order valence-corrected chi connectivity index (χ1v) is 6.38. The predicted octanol–water partition coefficient (Wildman–Crippen LogP) is 2.53. The molecule has 19 heavy (non-hydrogen) atoms. The molecule has 0 aromatic heterocycles. The van der Waals surface area contributed by atoms with Gasteiger partial charge in [0.25, 0.3) is 0 Å². The van der Waals surface area contributed by atoms with Crippen LogP contribution < -0.4 is 0 Å². The molecule has 1 saturated heterocycles. The van der Waals surface area contributed by atoms with Crippen molar-refractivity contribution in [1.29, 1.82) is 0 Å². The number of fused-ring (bicyclic) bond motifs is 1. The Hall–Kier alpha value is -1.52. The molecule has 2 atom stereocenters. The van der Waals surface area contributed by atoms with E-state index in [1.807, 2.05) is 12.2 Å². The quantitative estimate of drug-likeness (QED) is 0.808. The smallest absolute Gasteiger partial charge is 0.130 e. The Bertz CT molecular complexity index is 539. The SMILES string of the molecule is CN1CN(Cc2ccc(F)cc2F)C2C=CC=CC21. The summed E-state index contributed by atoms with van der Waals surface area (Å²) in [5.74, 6) is -1.00. The first kappa shape index (κ1) is 12.5. The minimum absolute atomic E-state index is 0.263. The lowest BCUT2D eigenvalue weighted by Gasteiger charge is -2.24. The van der Waals surface area contributed by atoms with Crippen LogP contribution in [0.2, 0.25) is 0 Å². The van der Waals surface area contributed by atoms with E-state index in [0.717, 1.165) is 12.7 Å². The summed E-state index contributed by atoms with van der Waals surface area (Å²) in [5, 5.41) is 0. The van der Waals surface area contributed by atoms with Crippen molar-refractivity contribution >= 4 is 0 Å². The largest absolute Gasteiger partial charge is 0.285 e. The van der Waals surface area contributed by atoms with E-state index >= 15 is 0 Å². The topological polar surface area (TPSA) is 6.48 Å². The van der Waals surface area contributed by atoms with Crippen LogP contribution in [0.15, 0.2) is 42.5 Å². The molecule has 0 amide bonds. The van der Waals surface area contributed by atoms with Crippen LogP contribution in [0.25, 0.3) is 0 Å². The normalized spacial score (nSPS) is 26.9. The van der Waals surface area contributed by atoms with Gasteiger partial charge in [0.05, 0.1) is 6.67 Å². The lowest BCUT2D eigenvalue weighted by molar-refractivity contribution is 0.243. The van der Waals surface area contributed by atoms with Crippen LogP contribution in [0.1, 0.15) is 5.56 Å². The van der Waals surface area contributed by atoms with Gasteiger partial charge in [-0.25, -0.2) is 8.78 Å². The molecule has 1 aliphatic carbocycles. The van der Waals surface area contributed by atoms with Crippen molar-refractivity contribution in [3.8, 4) is 0 Å². The first-order valence-electron chi connectivity index (χ1n) is 6.38. The summed E-state index contributed by atoms with van der Waals surface area (Å²) >= 11 is 0. The number of nitrogens with zero attached hydrogens (tertiary/aromatic N) is 2. The molecule has 0 saturated carbocycles. The van der Waals surface area contributed by atoms with Crippen LogP contribution in [-0.2, 0) is 6.54 Å². The van der Waals surface area contributed by atoms with E-state index in [-0.39, 0.29) is 6.04 Å². The van der Waals surface area contributed by atoms with Crippen molar-refractivity contribution in [3.63, 3.8) is 0 Å². The molecule has 2 nitrogen and oxygen atoms in total. The number of benzene rings is 1. The average Bonchev–Trinajstić information content (AvgIpc) is 2.71. The molecule has 0 radical (unpaired) electrons. The van der Waals surface area contributed by atoms with Gasteiger partial charge in [-0.05, 0) is 13.1 Å². The van der Waals surface area contributed by atoms with E-state index in [1.165, 1.54) is 12.1 Å². The summed E-state index contributed by atoms with van der Waals surface area (Å²) < 4.78 is 26.6. The summed E-state index contributed by atoms with van der Waals surface area (Å²) in [6, 6.07) is 4.39.